The summed E-state index contributed by atoms with van der Waals surface area (Å²) < 4.78 is 29.3. The average Bonchev–Trinajstić information content (AvgIpc) is 3.29. The number of carbonyl (C=O) groups excluding carboxylic acids is 1. The lowest BCUT2D eigenvalue weighted by Crippen LogP contribution is -2.59. The van der Waals surface area contributed by atoms with Crippen LogP contribution in [0.15, 0.2) is 43.1 Å². The topological polar surface area (TPSA) is 141 Å². The first-order valence-electron chi connectivity index (χ1n) is 11.5. The van der Waals surface area contributed by atoms with Gasteiger partial charge in [0, 0.05) is 25.2 Å². The number of aromatic nitrogens is 5. The number of pyridine rings is 1. The second-order valence-electron chi connectivity index (χ2n) is 8.69. The second-order valence-corrected chi connectivity index (χ2v) is 8.69. The Hall–Kier alpha value is -4.19. The number of imidazole rings is 1. The largest absolute Gasteiger partial charge is 0.382 e. The highest BCUT2D eigenvalue weighted by Crippen LogP contribution is 2.32. The molecule has 186 valence electrons. The van der Waals surface area contributed by atoms with Crippen LogP contribution in [0.1, 0.15) is 18.4 Å². The molecule has 0 radical (unpaired) electrons. The van der Waals surface area contributed by atoms with Gasteiger partial charge in [-0.3, -0.25) is 9.78 Å². The number of nitrogens with zero attached hydrogens (tertiary/aromatic N) is 6. The molecule has 2 atom stereocenters. The van der Waals surface area contributed by atoms with Crippen LogP contribution in [0.3, 0.4) is 0 Å². The van der Waals surface area contributed by atoms with Crippen LogP contribution < -0.4 is 21.7 Å². The highest BCUT2D eigenvalue weighted by Gasteiger charge is 2.35. The molecule has 4 heterocycles. The molecule has 36 heavy (non-hydrogen) atoms. The van der Waals surface area contributed by atoms with Gasteiger partial charge in [-0.2, -0.15) is 0 Å². The number of hydrogen-bond donors (Lipinski definition) is 3. The van der Waals surface area contributed by atoms with Crippen LogP contribution in [0.4, 0.5) is 20.3 Å². The summed E-state index contributed by atoms with van der Waals surface area (Å²) in [5.41, 5.74) is 15.7. The lowest BCUT2D eigenvalue weighted by Gasteiger charge is -2.40. The minimum atomic E-state index is -0.964. The molecule has 3 aromatic heterocycles. The lowest BCUT2D eigenvalue weighted by molar-refractivity contribution is -0.122. The Labute approximate surface area is 205 Å². The Morgan fingerprint density at radius 2 is 2.00 bits per heavy atom. The van der Waals surface area contributed by atoms with Crippen LogP contribution in [0, 0.1) is 11.6 Å². The maximum Gasteiger partial charge on any atom is 0.244 e. The number of halogens is 2. The Kier molecular flexibility index (Phi) is 6.18. The fraction of sp³-hybridized carbons (Fsp3) is 0.292. The van der Waals surface area contributed by atoms with Crippen molar-refractivity contribution in [3.63, 3.8) is 0 Å². The van der Waals surface area contributed by atoms with Crippen LogP contribution in [0.25, 0.3) is 22.4 Å². The number of likely N-dealkylation sites (N-methyl/N-ethyl adjacent to an activating group) is 1. The number of carbonyl (C=O) groups is 1. The molecule has 10 nitrogen and oxygen atoms in total. The van der Waals surface area contributed by atoms with E-state index < -0.39 is 17.7 Å². The Balaban J connectivity index is 1.63. The van der Waals surface area contributed by atoms with E-state index in [0.717, 1.165) is 24.1 Å². The van der Waals surface area contributed by atoms with E-state index in [4.69, 9.17) is 11.5 Å². The highest BCUT2D eigenvalue weighted by atomic mass is 19.2. The molecule has 4 aromatic rings. The van der Waals surface area contributed by atoms with Gasteiger partial charge in [-0.1, -0.05) is 0 Å². The molecule has 1 aliphatic rings. The van der Waals surface area contributed by atoms with E-state index in [1.54, 1.807) is 30.2 Å². The molecule has 1 aromatic carbocycles. The van der Waals surface area contributed by atoms with Gasteiger partial charge in [0.25, 0.3) is 0 Å². The van der Waals surface area contributed by atoms with Gasteiger partial charge >= 0.3 is 0 Å². The fourth-order valence-corrected chi connectivity index (χ4v) is 4.67. The van der Waals surface area contributed by atoms with Crippen molar-refractivity contribution in [3.05, 3.63) is 60.3 Å². The van der Waals surface area contributed by atoms with E-state index in [9.17, 15) is 13.6 Å². The molecule has 1 aliphatic heterocycles. The normalized spacial score (nSPS) is 17.9. The SMILES string of the molecule is CNC(=O)[C@@H]1[C@H](N)CCCN1c1cnc(-c2ccc(F)c(F)c2)cc1Cn1cnc2c(N)ncnc21. The van der Waals surface area contributed by atoms with Gasteiger partial charge in [0.2, 0.25) is 5.91 Å². The van der Waals surface area contributed by atoms with Gasteiger partial charge in [-0.05, 0) is 42.7 Å². The van der Waals surface area contributed by atoms with E-state index in [1.807, 2.05) is 4.90 Å². The summed E-state index contributed by atoms with van der Waals surface area (Å²) in [6, 6.07) is 4.48. The third-order valence-corrected chi connectivity index (χ3v) is 6.45. The predicted octanol–water partition coefficient (Wildman–Crippen LogP) is 1.84. The molecule has 0 aliphatic carbocycles. The Morgan fingerprint density at radius 1 is 1.17 bits per heavy atom. The molecule has 0 saturated carbocycles. The minimum Gasteiger partial charge on any atom is -0.382 e. The summed E-state index contributed by atoms with van der Waals surface area (Å²) in [7, 11) is 1.58. The lowest BCUT2D eigenvalue weighted by atomic mass is 9.94. The first-order chi connectivity index (χ1) is 17.4. The number of fused-ring (bicyclic) bond motifs is 1. The molecule has 0 spiro atoms. The Bertz CT molecular complexity index is 1440. The summed E-state index contributed by atoms with van der Waals surface area (Å²) in [6.07, 6.45) is 6.13. The number of piperidine rings is 1. The average molecular weight is 494 g/mol. The third kappa shape index (κ3) is 4.19. The summed E-state index contributed by atoms with van der Waals surface area (Å²) in [5.74, 6) is -1.83. The number of rotatable bonds is 5. The van der Waals surface area contributed by atoms with E-state index >= 15 is 0 Å². The van der Waals surface area contributed by atoms with Crippen LogP contribution in [-0.4, -0.2) is 56.1 Å². The summed E-state index contributed by atoms with van der Waals surface area (Å²) in [4.78, 5) is 31.9. The first-order valence-corrected chi connectivity index (χ1v) is 11.5. The second kappa shape index (κ2) is 9.46. The number of amides is 1. The molecule has 1 fully saturated rings. The molecular formula is C24H25F2N9O. The zero-order valence-corrected chi connectivity index (χ0v) is 19.5. The van der Waals surface area contributed by atoms with Gasteiger partial charge in [-0.25, -0.2) is 23.7 Å². The smallest absolute Gasteiger partial charge is 0.244 e. The number of nitrogens with two attached hydrogens (primary N) is 2. The van der Waals surface area contributed by atoms with Crippen molar-refractivity contribution in [2.75, 3.05) is 24.2 Å². The van der Waals surface area contributed by atoms with Crippen molar-refractivity contribution in [3.8, 4) is 11.3 Å². The number of anilines is 2. The van der Waals surface area contributed by atoms with Gasteiger partial charge in [0.15, 0.2) is 23.1 Å². The zero-order chi connectivity index (χ0) is 25.4. The first kappa shape index (κ1) is 23.5. The van der Waals surface area contributed by atoms with Gasteiger partial charge in [0.05, 0.1) is 30.5 Å². The van der Waals surface area contributed by atoms with Crippen molar-refractivity contribution < 1.29 is 13.6 Å². The highest BCUT2D eigenvalue weighted by molar-refractivity contribution is 5.87. The van der Waals surface area contributed by atoms with E-state index in [0.29, 0.717) is 47.6 Å². The molecule has 1 amide bonds. The van der Waals surface area contributed by atoms with Crippen LogP contribution in [0.2, 0.25) is 0 Å². The van der Waals surface area contributed by atoms with E-state index in [2.05, 4.69) is 25.3 Å². The van der Waals surface area contributed by atoms with Crippen molar-refractivity contribution in [1.29, 1.82) is 0 Å². The minimum absolute atomic E-state index is 0.188. The molecule has 1 saturated heterocycles. The van der Waals surface area contributed by atoms with Crippen molar-refractivity contribution in [1.82, 2.24) is 29.8 Å². The standard InChI is InChI=1S/C24H25F2N9O/c1-29-24(36)21-17(27)3-2-6-35(21)19-9-30-18(13-4-5-15(25)16(26)7-13)8-14(19)10-34-12-33-20-22(28)31-11-32-23(20)34/h4-5,7-9,11-12,17,21H,2-3,6,10,27H2,1H3,(H,29,36)(H2,28,31,32)/t17-,21+/m1/s1. The molecule has 0 unspecified atom stereocenters. The molecular weight excluding hydrogens is 468 g/mol. The van der Waals surface area contributed by atoms with E-state index in [1.165, 1.54) is 12.4 Å². The summed E-state index contributed by atoms with van der Waals surface area (Å²) >= 11 is 0. The fourth-order valence-electron chi connectivity index (χ4n) is 4.67. The summed E-state index contributed by atoms with van der Waals surface area (Å²) in [6.45, 7) is 0.901. The van der Waals surface area contributed by atoms with Crippen molar-refractivity contribution >= 4 is 28.6 Å². The van der Waals surface area contributed by atoms with Crippen LogP contribution >= 0.6 is 0 Å². The van der Waals surface area contributed by atoms with Gasteiger partial charge in [0.1, 0.15) is 17.9 Å². The molecule has 5 N–H and O–H groups in total. The predicted molar refractivity (Wildman–Crippen MR) is 131 cm³/mol. The maximum atomic E-state index is 14.0. The molecule has 12 heteroatoms. The van der Waals surface area contributed by atoms with Crippen molar-refractivity contribution in [2.24, 2.45) is 5.73 Å². The van der Waals surface area contributed by atoms with Crippen LogP contribution in [0.5, 0.6) is 0 Å². The molecule has 0 bridgehead atoms. The quantitative estimate of drug-likeness (QED) is 0.383. The summed E-state index contributed by atoms with van der Waals surface area (Å²) in [5, 5.41) is 2.70. The maximum absolute atomic E-state index is 14.0. The van der Waals surface area contributed by atoms with Crippen molar-refractivity contribution in [2.45, 2.75) is 31.5 Å². The Morgan fingerprint density at radius 3 is 2.78 bits per heavy atom. The zero-order valence-electron chi connectivity index (χ0n) is 19.5. The number of nitrogens with one attached hydrogen (secondary N) is 1. The number of hydrogen-bond acceptors (Lipinski definition) is 8. The van der Waals surface area contributed by atoms with Gasteiger partial charge < -0.3 is 26.3 Å². The number of nitrogen functional groups attached to an aromatic ring is 1. The third-order valence-electron chi connectivity index (χ3n) is 6.45. The van der Waals surface area contributed by atoms with E-state index in [-0.39, 0.29) is 17.8 Å². The van der Waals surface area contributed by atoms with Gasteiger partial charge in [-0.15, -0.1) is 0 Å². The monoisotopic (exact) mass is 493 g/mol. The van der Waals surface area contributed by atoms with Crippen LogP contribution in [-0.2, 0) is 11.3 Å². The molecule has 5 rings (SSSR count). The number of benzene rings is 1.